The Morgan fingerprint density at radius 3 is 2.40 bits per heavy atom. The number of nitrogens with one attached hydrogen (secondary N) is 3. The first-order valence-electron chi connectivity index (χ1n) is 15.0. The standard InChI is InChI=1S/C31H41N5O7/c1-19-17-26(38)43-21(3)27(34-28(39)23-10-5-4-6-11-23)29(40)33-20(2)30(41)36-15-8-12-24(36)31(42)35-16-14-22(18-35)9-7-13-25(37)32-19/h4-6,10-11,18-21,24,27H,7-9,12-17H2,1-3H3,(H,32,37)(H,33,40)(H,34,39)/t19?,20-,21+,24-,27-/m0/s1. The predicted molar refractivity (Wildman–Crippen MR) is 156 cm³/mol. The molecule has 3 N–H and O–H groups in total. The van der Waals surface area contributed by atoms with Crippen molar-refractivity contribution in [2.24, 2.45) is 0 Å². The number of ether oxygens (including phenoxy) is 1. The third-order valence-electron chi connectivity index (χ3n) is 8.02. The van der Waals surface area contributed by atoms with Crippen LogP contribution in [0.25, 0.3) is 0 Å². The highest BCUT2D eigenvalue weighted by molar-refractivity contribution is 5.99. The number of esters is 1. The van der Waals surface area contributed by atoms with Gasteiger partial charge in [0.15, 0.2) is 0 Å². The minimum absolute atomic E-state index is 0.134. The average Bonchev–Trinajstić information content (AvgIpc) is 3.65. The first kappa shape index (κ1) is 31.7. The number of fused-ring (bicyclic) bond motifs is 2. The van der Waals surface area contributed by atoms with Crippen molar-refractivity contribution in [2.75, 3.05) is 13.1 Å². The van der Waals surface area contributed by atoms with Gasteiger partial charge in [0.05, 0.1) is 6.42 Å². The summed E-state index contributed by atoms with van der Waals surface area (Å²) in [6.07, 6.45) is 3.99. The molecular formula is C31H41N5O7. The van der Waals surface area contributed by atoms with Crippen LogP contribution in [-0.4, -0.2) is 88.7 Å². The minimum atomic E-state index is -1.32. The first-order valence-corrected chi connectivity index (χ1v) is 15.0. The monoisotopic (exact) mass is 595 g/mol. The van der Waals surface area contributed by atoms with Gasteiger partial charge in [0.1, 0.15) is 24.2 Å². The number of carbonyl (C=O) groups is 6. The molecule has 5 atom stereocenters. The van der Waals surface area contributed by atoms with Crippen molar-refractivity contribution in [1.82, 2.24) is 25.8 Å². The van der Waals surface area contributed by atoms with Crippen LogP contribution in [0.5, 0.6) is 0 Å². The van der Waals surface area contributed by atoms with Crippen molar-refractivity contribution >= 4 is 35.5 Å². The van der Waals surface area contributed by atoms with Crippen LogP contribution in [0.2, 0.25) is 0 Å². The van der Waals surface area contributed by atoms with Gasteiger partial charge in [-0.2, -0.15) is 0 Å². The summed E-state index contributed by atoms with van der Waals surface area (Å²) in [6, 6.07) is 4.78. The number of amides is 5. The van der Waals surface area contributed by atoms with Gasteiger partial charge in [-0.1, -0.05) is 23.8 Å². The second kappa shape index (κ2) is 14.3. The molecule has 0 aliphatic carbocycles. The lowest BCUT2D eigenvalue weighted by Gasteiger charge is -2.30. The van der Waals surface area contributed by atoms with Gasteiger partial charge in [-0.25, -0.2) is 0 Å². The van der Waals surface area contributed by atoms with Gasteiger partial charge >= 0.3 is 5.97 Å². The molecule has 1 saturated heterocycles. The second-order valence-electron chi connectivity index (χ2n) is 11.5. The van der Waals surface area contributed by atoms with Gasteiger partial charge in [0, 0.05) is 37.3 Å². The molecule has 0 saturated carbocycles. The maximum atomic E-state index is 13.5. The number of nitrogens with zero attached hydrogens (tertiary/aromatic N) is 2. The fraction of sp³-hybridized carbons (Fsp3) is 0.548. The zero-order valence-electron chi connectivity index (χ0n) is 25.0. The molecule has 1 aromatic rings. The highest BCUT2D eigenvalue weighted by Gasteiger charge is 2.40. The van der Waals surface area contributed by atoms with E-state index < -0.39 is 54.0 Å². The Morgan fingerprint density at radius 1 is 0.907 bits per heavy atom. The molecule has 3 aliphatic rings. The number of hydrogen-bond donors (Lipinski definition) is 3. The number of cyclic esters (lactones) is 1. The highest BCUT2D eigenvalue weighted by atomic mass is 16.5. The Balaban J connectivity index is 1.56. The third kappa shape index (κ3) is 8.20. The molecule has 3 heterocycles. The van der Waals surface area contributed by atoms with E-state index in [2.05, 4.69) is 16.0 Å². The van der Waals surface area contributed by atoms with Crippen molar-refractivity contribution in [3.8, 4) is 0 Å². The lowest BCUT2D eigenvalue weighted by Crippen LogP contribution is -2.58. The zero-order valence-corrected chi connectivity index (χ0v) is 25.0. The smallest absolute Gasteiger partial charge is 0.308 e. The molecule has 0 aromatic heterocycles. The summed E-state index contributed by atoms with van der Waals surface area (Å²) in [7, 11) is 0. The molecule has 43 heavy (non-hydrogen) atoms. The zero-order chi connectivity index (χ0) is 31.1. The van der Waals surface area contributed by atoms with Crippen LogP contribution < -0.4 is 16.0 Å². The van der Waals surface area contributed by atoms with Gasteiger partial charge in [-0.3, -0.25) is 28.8 Å². The van der Waals surface area contributed by atoms with E-state index >= 15 is 0 Å². The van der Waals surface area contributed by atoms with Crippen LogP contribution in [0.15, 0.2) is 42.1 Å². The Morgan fingerprint density at radius 2 is 1.65 bits per heavy atom. The Bertz CT molecular complexity index is 1270. The van der Waals surface area contributed by atoms with Crippen molar-refractivity contribution in [3.05, 3.63) is 47.7 Å². The minimum Gasteiger partial charge on any atom is -0.460 e. The molecule has 1 aromatic carbocycles. The summed E-state index contributed by atoms with van der Waals surface area (Å²) in [4.78, 5) is 81.8. The summed E-state index contributed by atoms with van der Waals surface area (Å²) in [5.41, 5.74) is 1.37. The molecule has 0 radical (unpaired) electrons. The number of carbonyl (C=O) groups excluding carboxylic acids is 6. The fourth-order valence-electron chi connectivity index (χ4n) is 5.73. The largest absolute Gasteiger partial charge is 0.460 e. The van der Waals surface area contributed by atoms with Crippen molar-refractivity contribution in [3.63, 3.8) is 0 Å². The molecule has 12 nitrogen and oxygen atoms in total. The quantitative estimate of drug-likeness (QED) is 0.437. The molecule has 3 aliphatic heterocycles. The Hall–Kier alpha value is -4.22. The van der Waals surface area contributed by atoms with Gasteiger partial charge in [-0.15, -0.1) is 0 Å². The van der Waals surface area contributed by atoms with Gasteiger partial charge in [0.2, 0.25) is 23.6 Å². The average molecular weight is 596 g/mol. The maximum absolute atomic E-state index is 13.5. The van der Waals surface area contributed by atoms with Crippen LogP contribution in [0.1, 0.15) is 76.1 Å². The number of benzene rings is 1. The molecule has 232 valence electrons. The second-order valence-corrected chi connectivity index (χ2v) is 11.5. The normalized spacial score (nSPS) is 28.2. The lowest BCUT2D eigenvalue weighted by atomic mass is 10.1. The van der Waals surface area contributed by atoms with E-state index in [4.69, 9.17) is 4.74 Å². The predicted octanol–water partition coefficient (Wildman–Crippen LogP) is 1.41. The van der Waals surface area contributed by atoms with E-state index in [0.29, 0.717) is 50.8 Å². The van der Waals surface area contributed by atoms with Crippen LogP contribution in [0.3, 0.4) is 0 Å². The van der Waals surface area contributed by atoms with Crippen LogP contribution >= 0.6 is 0 Å². The highest BCUT2D eigenvalue weighted by Crippen LogP contribution is 2.25. The molecule has 0 spiro atoms. The number of hydrogen-bond acceptors (Lipinski definition) is 7. The summed E-state index contributed by atoms with van der Waals surface area (Å²) >= 11 is 0. The molecular weight excluding hydrogens is 554 g/mol. The fourth-order valence-corrected chi connectivity index (χ4v) is 5.73. The summed E-state index contributed by atoms with van der Waals surface area (Å²) in [5.74, 6) is -2.70. The molecule has 12 heteroatoms. The Labute approximate surface area is 251 Å². The van der Waals surface area contributed by atoms with E-state index in [1.54, 1.807) is 42.2 Å². The van der Waals surface area contributed by atoms with Crippen molar-refractivity contribution in [2.45, 2.75) is 96.0 Å². The maximum Gasteiger partial charge on any atom is 0.308 e. The summed E-state index contributed by atoms with van der Waals surface area (Å²) in [5, 5.41) is 8.09. The van der Waals surface area contributed by atoms with Crippen molar-refractivity contribution in [1.29, 1.82) is 0 Å². The molecule has 1 fully saturated rings. The van der Waals surface area contributed by atoms with E-state index in [1.165, 1.54) is 18.7 Å². The van der Waals surface area contributed by atoms with Gasteiger partial charge in [0.25, 0.3) is 5.91 Å². The van der Waals surface area contributed by atoms with Gasteiger partial charge in [-0.05, 0) is 65.0 Å². The molecule has 5 amide bonds. The molecule has 1 unspecified atom stereocenters. The van der Waals surface area contributed by atoms with Crippen LogP contribution in [-0.2, 0) is 28.7 Å². The lowest BCUT2D eigenvalue weighted by molar-refractivity contribution is -0.152. The molecule has 4 rings (SSSR count). The number of rotatable bonds is 2. The van der Waals surface area contributed by atoms with E-state index in [1.807, 2.05) is 6.20 Å². The SMILES string of the molecule is CC1CC(=O)O[C@H](C)[C@H](NC(=O)c2ccccc2)C(=O)N[C@@H](C)C(=O)N2CCC[C@H]2C(=O)N2C=C(CCCC(=O)N1)CC2. The summed E-state index contributed by atoms with van der Waals surface area (Å²) in [6.45, 7) is 5.59. The van der Waals surface area contributed by atoms with E-state index in [0.717, 1.165) is 5.57 Å². The topological polar surface area (TPSA) is 154 Å². The third-order valence-corrected chi connectivity index (χ3v) is 8.02. The first-order chi connectivity index (χ1) is 20.5. The van der Waals surface area contributed by atoms with Gasteiger partial charge < -0.3 is 30.5 Å². The van der Waals surface area contributed by atoms with E-state index in [-0.39, 0.29) is 24.7 Å². The van der Waals surface area contributed by atoms with E-state index in [9.17, 15) is 28.8 Å². The molecule has 2 bridgehead atoms. The Kier molecular flexibility index (Phi) is 10.5. The van der Waals surface area contributed by atoms with Crippen LogP contribution in [0, 0.1) is 0 Å². The summed E-state index contributed by atoms with van der Waals surface area (Å²) < 4.78 is 5.53. The van der Waals surface area contributed by atoms with Crippen LogP contribution in [0.4, 0.5) is 0 Å². The van der Waals surface area contributed by atoms with Crippen molar-refractivity contribution < 1.29 is 33.5 Å².